The number of rotatable bonds is 6. The zero-order valence-corrected chi connectivity index (χ0v) is 22.0. The summed E-state index contributed by atoms with van der Waals surface area (Å²) in [4.78, 5) is 25.2. The third-order valence-electron chi connectivity index (χ3n) is 6.69. The molecule has 3 N–H and O–H groups in total. The molecule has 5 rings (SSSR count). The molecule has 0 bridgehead atoms. The van der Waals surface area contributed by atoms with Crippen molar-refractivity contribution in [3.63, 3.8) is 0 Å². The van der Waals surface area contributed by atoms with Crippen molar-refractivity contribution < 1.29 is 18.0 Å². The highest BCUT2D eigenvalue weighted by atomic mass is 35.5. The van der Waals surface area contributed by atoms with Crippen LogP contribution in [-0.4, -0.2) is 32.2 Å². The lowest BCUT2D eigenvalue weighted by atomic mass is 9.77. The van der Waals surface area contributed by atoms with Crippen molar-refractivity contribution in [1.82, 2.24) is 0 Å². The highest BCUT2D eigenvalue weighted by Gasteiger charge is 2.44. The quantitative estimate of drug-likeness (QED) is 0.467. The summed E-state index contributed by atoms with van der Waals surface area (Å²) in [5.41, 5.74) is 10.5. The van der Waals surface area contributed by atoms with E-state index in [9.17, 15) is 18.0 Å². The van der Waals surface area contributed by atoms with E-state index in [4.69, 9.17) is 17.3 Å². The van der Waals surface area contributed by atoms with E-state index in [1.807, 2.05) is 30.3 Å². The minimum atomic E-state index is -3.25. The highest BCUT2D eigenvalue weighted by Crippen LogP contribution is 2.46. The number of halogens is 1. The largest absolute Gasteiger partial charge is 0.364 e. The predicted octanol–water partition coefficient (Wildman–Crippen LogP) is 4.57. The molecule has 2 amide bonds. The number of hydrogen-bond donors (Lipinski definition) is 2. The van der Waals surface area contributed by atoms with E-state index in [-0.39, 0.29) is 17.9 Å². The predicted molar refractivity (Wildman–Crippen MR) is 150 cm³/mol. The second kappa shape index (κ2) is 10.1. The van der Waals surface area contributed by atoms with E-state index in [2.05, 4.69) is 10.4 Å². The number of primary amides is 1. The number of fused-ring (bicyclic) bond motifs is 3. The molecular weight excluding hydrogens is 524 g/mol. The van der Waals surface area contributed by atoms with Gasteiger partial charge in [-0.3, -0.25) is 14.6 Å². The van der Waals surface area contributed by atoms with Gasteiger partial charge in [-0.15, -0.1) is 0 Å². The number of amides is 2. The summed E-state index contributed by atoms with van der Waals surface area (Å²) in [6, 6.07) is 19.5. The summed E-state index contributed by atoms with van der Waals surface area (Å²) < 4.78 is 22.9. The fourth-order valence-electron chi connectivity index (χ4n) is 4.94. The van der Waals surface area contributed by atoms with Gasteiger partial charge in [0.1, 0.15) is 5.71 Å². The SMILES string of the molecule is CS(=O)(=O)C=Cc1ccc(N2N=C(C(N)=O)C3CCc4ccc(NC(=O)c5ccccc5Cl)cc4C32)cc1. The van der Waals surface area contributed by atoms with Crippen molar-refractivity contribution in [1.29, 1.82) is 0 Å². The number of nitrogens with one attached hydrogen (secondary N) is 1. The number of carbonyl (C=O) groups is 2. The van der Waals surface area contributed by atoms with Gasteiger partial charge < -0.3 is 11.1 Å². The lowest BCUT2D eigenvalue weighted by Gasteiger charge is -2.34. The lowest BCUT2D eigenvalue weighted by Crippen LogP contribution is -2.34. The van der Waals surface area contributed by atoms with Gasteiger partial charge in [-0.1, -0.05) is 41.9 Å². The van der Waals surface area contributed by atoms with Crippen LogP contribution in [0.15, 0.2) is 77.2 Å². The molecule has 2 unspecified atom stereocenters. The summed E-state index contributed by atoms with van der Waals surface area (Å²) in [7, 11) is -3.25. The molecule has 0 aromatic heterocycles. The van der Waals surface area contributed by atoms with Crippen LogP contribution in [0.3, 0.4) is 0 Å². The average molecular weight is 549 g/mol. The molecule has 0 saturated carbocycles. The van der Waals surface area contributed by atoms with Gasteiger partial charge in [0.05, 0.1) is 22.3 Å². The maximum Gasteiger partial charge on any atom is 0.265 e. The third kappa shape index (κ3) is 5.20. The number of hydrogen-bond acceptors (Lipinski definition) is 6. The van der Waals surface area contributed by atoms with Crippen LogP contribution in [0.5, 0.6) is 0 Å². The lowest BCUT2D eigenvalue weighted by molar-refractivity contribution is -0.112. The van der Waals surface area contributed by atoms with E-state index in [0.29, 0.717) is 34.0 Å². The zero-order chi connectivity index (χ0) is 27.0. The smallest absolute Gasteiger partial charge is 0.265 e. The minimum absolute atomic E-state index is 0.209. The molecule has 0 fully saturated rings. The minimum Gasteiger partial charge on any atom is -0.364 e. The van der Waals surface area contributed by atoms with E-state index in [1.54, 1.807) is 41.4 Å². The van der Waals surface area contributed by atoms with Gasteiger partial charge >= 0.3 is 0 Å². The van der Waals surface area contributed by atoms with Crippen LogP contribution in [0.25, 0.3) is 6.08 Å². The molecule has 0 radical (unpaired) electrons. The van der Waals surface area contributed by atoms with E-state index >= 15 is 0 Å². The molecule has 0 spiro atoms. The topological polar surface area (TPSA) is 122 Å². The van der Waals surface area contributed by atoms with Crippen molar-refractivity contribution >= 4 is 56.4 Å². The van der Waals surface area contributed by atoms with Crippen LogP contribution in [0.2, 0.25) is 5.02 Å². The Morgan fingerprint density at radius 1 is 1.11 bits per heavy atom. The van der Waals surface area contributed by atoms with Gasteiger partial charge in [0.2, 0.25) is 0 Å². The number of sulfone groups is 1. The Morgan fingerprint density at radius 2 is 1.84 bits per heavy atom. The molecule has 3 aromatic rings. The van der Waals surface area contributed by atoms with E-state index < -0.39 is 15.7 Å². The van der Waals surface area contributed by atoms with Crippen LogP contribution >= 0.6 is 11.6 Å². The van der Waals surface area contributed by atoms with Crippen LogP contribution in [0, 0.1) is 5.92 Å². The fourth-order valence-corrected chi connectivity index (χ4v) is 5.56. The van der Waals surface area contributed by atoms with Gasteiger partial charge in [-0.05, 0) is 72.0 Å². The first-order valence-corrected chi connectivity index (χ1v) is 14.3. The molecular formula is C28H25ClN4O4S. The van der Waals surface area contributed by atoms with Crippen LogP contribution in [0.1, 0.15) is 39.5 Å². The van der Waals surface area contributed by atoms with Gasteiger partial charge in [0.25, 0.3) is 11.8 Å². The molecule has 8 nitrogen and oxygen atoms in total. The van der Waals surface area contributed by atoms with Gasteiger partial charge in [0, 0.05) is 23.3 Å². The molecule has 2 atom stereocenters. The third-order valence-corrected chi connectivity index (χ3v) is 7.65. The number of hydrazone groups is 1. The fraction of sp³-hybridized carbons (Fsp3) is 0.179. The molecule has 38 heavy (non-hydrogen) atoms. The number of nitrogens with zero attached hydrogens (tertiary/aromatic N) is 2. The standard InChI is InChI=1S/C28H25ClN4O4S/c1-38(36,37)15-14-17-6-11-20(12-7-17)33-26-22(25(32-33)27(30)34)13-9-18-8-10-19(16-23(18)26)31-28(35)21-4-2-3-5-24(21)29/h2-8,10-12,14-16,22,26H,9,13H2,1H3,(H2,30,34)(H,31,35). The van der Waals surface area contributed by atoms with Crippen molar-refractivity contribution in [2.24, 2.45) is 16.8 Å². The van der Waals surface area contributed by atoms with Crippen LogP contribution in [-0.2, 0) is 21.1 Å². The second-order valence-electron chi connectivity index (χ2n) is 9.36. The van der Waals surface area contributed by atoms with Crippen molar-refractivity contribution in [3.8, 4) is 0 Å². The Morgan fingerprint density at radius 3 is 2.53 bits per heavy atom. The monoisotopic (exact) mass is 548 g/mol. The summed E-state index contributed by atoms with van der Waals surface area (Å²) in [5, 5.41) is 10.8. The van der Waals surface area contributed by atoms with E-state index in [1.165, 1.54) is 6.08 Å². The normalized spacial score (nSPS) is 18.6. The Hall–Kier alpha value is -3.95. The molecule has 1 heterocycles. The molecule has 2 aliphatic rings. The average Bonchev–Trinajstić information content (AvgIpc) is 3.28. The highest BCUT2D eigenvalue weighted by molar-refractivity contribution is 7.93. The number of carbonyl (C=O) groups excluding carboxylic acids is 2. The van der Waals surface area contributed by atoms with Crippen molar-refractivity contribution in [3.05, 3.63) is 99.4 Å². The Labute approximate surface area is 225 Å². The van der Waals surface area contributed by atoms with Crippen LogP contribution in [0.4, 0.5) is 11.4 Å². The maximum atomic E-state index is 12.9. The molecule has 0 saturated heterocycles. The molecule has 10 heteroatoms. The summed E-state index contributed by atoms with van der Waals surface area (Å²) in [6.07, 6.45) is 4.10. The first-order valence-electron chi connectivity index (χ1n) is 11.9. The Balaban J connectivity index is 1.49. The summed E-state index contributed by atoms with van der Waals surface area (Å²) >= 11 is 6.20. The molecule has 1 aliphatic carbocycles. The molecule has 3 aromatic carbocycles. The molecule has 1 aliphatic heterocycles. The van der Waals surface area contributed by atoms with Crippen molar-refractivity contribution in [2.75, 3.05) is 16.6 Å². The summed E-state index contributed by atoms with van der Waals surface area (Å²) in [5.74, 6) is -1.10. The van der Waals surface area contributed by atoms with Crippen molar-refractivity contribution in [2.45, 2.75) is 18.9 Å². The van der Waals surface area contributed by atoms with E-state index in [0.717, 1.165) is 34.9 Å². The maximum absolute atomic E-state index is 12.9. The second-order valence-corrected chi connectivity index (χ2v) is 11.7. The Bertz CT molecular complexity index is 1600. The Kier molecular flexibility index (Phi) is 6.81. The number of anilines is 2. The zero-order valence-electron chi connectivity index (χ0n) is 20.5. The van der Waals surface area contributed by atoms with Crippen LogP contribution < -0.4 is 16.1 Å². The van der Waals surface area contributed by atoms with Gasteiger partial charge in [0.15, 0.2) is 9.84 Å². The number of nitrogens with two attached hydrogens (primary N) is 1. The first-order chi connectivity index (χ1) is 18.1. The first kappa shape index (κ1) is 25.7. The molecule has 194 valence electrons. The number of benzene rings is 3. The van der Waals surface area contributed by atoms with Gasteiger partial charge in [-0.2, -0.15) is 5.10 Å². The van der Waals surface area contributed by atoms with Gasteiger partial charge in [-0.25, -0.2) is 8.42 Å². The summed E-state index contributed by atoms with van der Waals surface area (Å²) in [6.45, 7) is 0. The number of aryl methyl sites for hydroxylation is 1.